The Morgan fingerprint density at radius 3 is 2.08 bits per heavy atom. The Labute approximate surface area is 81.4 Å². The summed E-state index contributed by atoms with van der Waals surface area (Å²) < 4.78 is 0. The second-order valence-corrected chi connectivity index (χ2v) is 3.15. The molecule has 2 N–H and O–H groups in total. The summed E-state index contributed by atoms with van der Waals surface area (Å²) in [7, 11) is 5.95. The zero-order valence-electron chi connectivity index (χ0n) is 8.27. The first kappa shape index (κ1) is 12.5. The van der Waals surface area contributed by atoms with Crippen LogP contribution in [0.2, 0.25) is 5.31 Å². The van der Waals surface area contributed by atoms with Crippen LogP contribution in [0.4, 0.5) is 0 Å². The van der Waals surface area contributed by atoms with Crippen molar-refractivity contribution in [1.29, 1.82) is 0 Å². The molecule has 3 heteroatoms. The fourth-order valence-corrected chi connectivity index (χ4v) is 1.28. The minimum atomic E-state index is -0.766. The van der Waals surface area contributed by atoms with E-state index in [0.717, 1.165) is 0 Å². The topological polar surface area (TPSA) is 40.5 Å². The fraction of sp³-hybridized carbons (Fsp3) is 0.600. The predicted octanol–water partition coefficient (Wildman–Crippen LogP) is 1.21. The third kappa shape index (κ3) is 4.91. The van der Waals surface area contributed by atoms with Crippen LogP contribution in [-0.4, -0.2) is 30.8 Å². The molecule has 0 aliphatic rings. The summed E-state index contributed by atoms with van der Waals surface area (Å²) in [5, 5.41) is 17.3. The van der Waals surface area contributed by atoms with Gasteiger partial charge in [-0.3, -0.25) is 0 Å². The van der Waals surface area contributed by atoms with Gasteiger partial charge in [0.2, 0.25) is 0 Å². The Morgan fingerprint density at radius 2 is 1.77 bits per heavy atom. The zero-order chi connectivity index (χ0) is 10.3. The largest absolute Gasteiger partial charge is 0.394 e. The van der Waals surface area contributed by atoms with Crippen LogP contribution in [0.5, 0.6) is 0 Å². The van der Waals surface area contributed by atoms with E-state index in [1.165, 1.54) is 0 Å². The maximum absolute atomic E-state index is 9.25. The predicted molar refractivity (Wildman–Crippen MR) is 55.8 cm³/mol. The second-order valence-electron chi connectivity index (χ2n) is 3.15. The van der Waals surface area contributed by atoms with Gasteiger partial charge in [0.05, 0.1) is 20.6 Å². The standard InChI is InChI=1S/C10H17BO2/c1-3-5-10(11,6-4-2)7-9(13)8-12/h3-6,9,12-13H,7-8H2,1-2H3. The van der Waals surface area contributed by atoms with E-state index in [1.54, 1.807) is 0 Å². The summed E-state index contributed by atoms with van der Waals surface area (Å²) in [6.07, 6.45) is 6.86. The van der Waals surface area contributed by atoms with Crippen LogP contribution in [0.3, 0.4) is 0 Å². The van der Waals surface area contributed by atoms with Gasteiger partial charge in [-0.25, -0.2) is 0 Å². The van der Waals surface area contributed by atoms with Crippen LogP contribution in [0.15, 0.2) is 24.3 Å². The Balaban J connectivity index is 4.40. The second kappa shape index (κ2) is 6.00. The number of rotatable bonds is 5. The zero-order valence-corrected chi connectivity index (χ0v) is 8.27. The van der Waals surface area contributed by atoms with Crippen molar-refractivity contribution in [3.63, 3.8) is 0 Å². The van der Waals surface area contributed by atoms with E-state index in [0.29, 0.717) is 6.42 Å². The van der Waals surface area contributed by atoms with Gasteiger partial charge in [0, 0.05) is 0 Å². The van der Waals surface area contributed by atoms with Crippen molar-refractivity contribution in [3.05, 3.63) is 24.3 Å². The van der Waals surface area contributed by atoms with E-state index in [-0.39, 0.29) is 6.61 Å². The highest BCUT2D eigenvalue weighted by molar-refractivity contribution is 6.18. The molecule has 72 valence electrons. The van der Waals surface area contributed by atoms with Gasteiger partial charge in [0.15, 0.2) is 0 Å². The normalized spacial score (nSPS) is 19.4. The third-order valence-corrected chi connectivity index (χ3v) is 1.75. The van der Waals surface area contributed by atoms with Crippen LogP contribution in [0, 0.1) is 0 Å². The molecule has 0 aliphatic carbocycles. The highest BCUT2D eigenvalue weighted by Gasteiger charge is 2.20. The van der Waals surface area contributed by atoms with Crippen molar-refractivity contribution in [3.8, 4) is 0 Å². The molecule has 0 heterocycles. The minimum absolute atomic E-state index is 0.256. The van der Waals surface area contributed by atoms with Crippen molar-refractivity contribution in [2.75, 3.05) is 6.61 Å². The lowest BCUT2D eigenvalue weighted by Gasteiger charge is -2.24. The average molecular weight is 180 g/mol. The first-order chi connectivity index (χ1) is 6.08. The molecular formula is C10H17BO2. The van der Waals surface area contributed by atoms with Crippen molar-refractivity contribution >= 4 is 7.85 Å². The number of allylic oxidation sites excluding steroid dienone is 4. The number of aliphatic hydroxyl groups is 2. The molecule has 0 amide bonds. The van der Waals surface area contributed by atoms with Gasteiger partial charge in [-0.05, 0) is 25.6 Å². The molecule has 0 aliphatic heterocycles. The summed E-state index contributed by atoms with van der Waals surface area (Å²) in [5.41, 5.74) is 0. The van der Waals surface area contributed by atoms with Gasteiger partial charge < -0.3 is 10.2 Å². The van der Waals surface area contributed by atoms with Gasteiger partial charge in [0.1, 0.15) is 0 Å². The van der Waals surface area contributed by atoms with Crippen LogP contribution in [0.25, 0.3) is 0 Å². The number of aliphatic hydroxyl groups excluding tert-OH is 2. The molecular weight excluding hydrogens is 163 g/mol. The maximum Gasteiger partial charge on any atom is 0.0859 e. The van der Waals surface area contributed by atoms with E-state index in [2.05, 4.69) is 0 Å². The molecule has 0 aromatic rings. The van der Waals surface area contributed by atoms with Crippen molar-refractivity contribution in [2.24, 2.45) is 0 Å². The van der Waals surface area contributed by atoms with Crippen molar-refractivity contribution in [2.45, 2.75) is 31.7 Å². The van der Waals surface area contributed by atoms with Gasteiger partial charge in [-0.15, -0.1) is 0 Å². The third-order valence-electron chi connectivity index (χ3n) is 1.75. The van der Waals surface area contributed by atoms with Gasteiger partial charge in [-0.2, -0.15) is 0 Å². The van der Waals surface area contributed by atoms with E-state index in [1.807, 2.05) is 38.2 Å². The van der Waals surface area contributed by atoms with Crippen LogP contribution >= 0.6 is 0 Å². The molecule has 0 aromatic heterocycles. The number of hydrogen-bond donors (Lipinski definition) is 2. The molecule has 0 saturated carbocycles. The first-order valence-corrected chi connectivity index (χ1v) is 4.43. The van der Waals surface area contributed by atoms with Crippen LogP contribution in [-0.2, 0) is 0 Å². The quantitative estimate of drug-likeness (QED) is 0.493. The van der Waals surface area contributed by atoms with Crippen molar-refractivity contribution < 1.29 is 10.2 Å². The molecule has 0 fully saturated rings. The number of hydrogen-bond acceptors (Lipinski definition) is 2. The molecule has 0 spiro atoms. The Kier molecular flexibility index (Phi) is 5.75. The van der Waals surface area contributed by atoms with Gasteiger partial charge in [0.25, 0.3) is 0 Å². The molecule has 13 heavy (non-hydrogen) atoms. The Bertz CT molecular complexity index is 175. The van der Waals surface area contributed by atoms with Crippen molar-refractivity contribution in [1.82, 2.24) is 0 Å². The highest BCUT2D eigenvalue weighted by atomic mass is 16.3. The van der Waals surface area contributed by atoms with E-state index in [9.17, 15) is 5.11 Å². The molecule has 2 nitrogen and oxygen atoms in total. The first-order valence-electron chi connectivity index (χ1n) is 4.43. The van der Waals surface area contributed by atoms with Gasteiger partial charge >= 0.3 is 0 Å². The highest BCUT2D eigenvalue weighted by Crippen LogP contribution is 2.31. The Hall–Kier alpha value is -0.535. The molecule has 0 aromatic carbocycles. The SMILES string of the molecule is [B]C(C=CC)(C=CC)CC(O)CO. The summed E-state index contributed by atoms with van der Waals surface area (Å²) in [5.74, 6) is 0. The molecule has 1 atom stereocenters. The molecule has 2 radical (unpaired) electrons. The summed E-state index contributed by atoms with van der Waals surface area (Å²) >= 11 is 0. The molecule has 0 saturated heterocycles. The summed E-state index contributed by atoms with van der Waals surface area (Å²) in [4.78, 5) is 0. The lowest BCUT2D eigenvalue weighted by Crippen LogP contribution is -2.20. The van der Waals surface area contributed by atoms with E-state index in [4.69, 9.17) is 13.0 Å². The van der Waals surface area contributed by atoms with Crippen LogP contribution < -0.4 is 0 Å². The lowest BCUT2D eigenvalue weighted by atomic mass is 9.65. The van der Waals surface area contributed by atoms with Gasteiger partial charge in [-0.1, -0.05) is 24.3 Å². The summed E-state index contributed by atoms with van der Waals surface area (Å²) in [6.45, 7) is 3.49. The van der Waals surface area contributed by atoms with E-state index < -0.39 is 11.4 Å². The molecule has 1 unspecified atom stereocenters. The van der Waals surface area contributed by atoms with Crippen LogP contribution in [0.1, 0.15) is 20.3 Å². The maximum atomic E-state index is 9.25. The van der Waals surface area contributed by atoms with E-state index >= 15 is 0 Å². The monoisotopic (exact) mass is 180 g/mol. The average Bonchev–Trinajstić information content (AvgIpc) is 2.04. The molecule has 0 bridgehead atoms. The minimum Gasteiger partial charge on any atom is -0.394 e. The lowest BCUT2D eigenvalue weighted by molar-refractivity contribution is 0.0848. The Morgan fingerprint density at radius 1 is 1.31 bits per heavy atom. The smallest absolute Gasteiger partial charge is 0.0859 e. The fourth-order valence-electron chi connectivity index (χ4n) is 1.28. The summed E-state index contributed by atoms with van der Waals surface area (Å²) in [6, 6.07) is 0. The molecule has 0 rings (SSSR count).